The van der Waals surface area contributed by atoms with E-state index in [1.807, 2.05) is 7.05 Å². The SMILES string of the molecule is CNCCCN(C)C(=O)COc1cccc2c1C(=O)N(C1CCC(=O)NC1=O)C2=O. The molecule has 2 aliphatic rings. The van der Waals surface area contributed by atoms with Crippen molar-refractivity contribution in [2.45, 2.75) is 25.3 Å². The molecular weight excluding hydrogens is 392 g/mol. The van der Waals surface area contributed by atoms with Gasteiger partial charge in [-0.2, -0.15) is 0 Å². The zero-order valence-electron chi connectivity index (χ0n) is 16.9. The van der Waals surface area contributed by atoms with Gasteiger partial charge >= 0.3 is 0 Å². The lowest BCUT2D eigenvalue weighted by Gasteiger charge is -2.27. The van der Waals surface area contributed by atoms with E-state index in [0.717, 1.165) is 17.9 Å². The van der Waals surface area contributed by atoms with E-state index in [1.165, 1.54) is 17.0 Å². The van der Waals surface area contributed by atoms with Crippen molar-refractivity contribution in [1.82, 2.24) is 20.4 Å². The van der Waals surface area contributed by atoms with Crippen LogP contribution in [0.4, 0.5) is 0 Å². The molecule has 10 heteroatoms. The summed E-state index contributed by atoms with van der Waals surface area (Å²) in [6.45, 7) is 1.04. The highest BCUT2D eigenvalue weighted by Crippen LogP contribution is 2.33. The number of carbonyl (C=O) groups excluding carboxylic acids is 5. The highest BCUT2D eigenvalue weighted by Gasteiger charge is 2.46. The third-order valence-corrected chi connectivity index (χ3v) is 5.13. The number of imide groups is 2. The van der Waals surface area contributed by atoms with Crippen molar-refractivity contribution >= 4 is 29.5 Å². The van der Waals surface area contributed by atoms with Crippen molar-refractivity contribution in [3.63, 3.8) is 0 Å². The Labute approximate surface area is 173 Å². The van der Waals surface area contributed by atoms with Gasteiger partial charge in [0.05, 0.1) is 11.1 Å². The van der Waals surface area contributed by atoms with E-state index in [1.54, 1.807) is 13.1 Å². The van der Waals surface area contributed by atoms with Gasteiger partial charge in [0, 0.05) is 20.0 Å². The number of benzene rings is 1. The lowest BCUT2D eigenvalue weighted by atomic mass is 10.0. The fraction of sp³-hybridized carbons (Fsp3) is 0.450. The van der Waals surface area contributed by atoms with Gasteiger partial charge in [-0.05, 0) is 38.6 Å². The summed E-state index contributed by atoms with van der Waals surface area (Å²) in [6.07, 6.45) is 0.900. The number of hydrogen-bond acceptors (Lipinski definition) is 7. The molecule has 0 aliphatic carbocycles. The molecule has 1 saturated heterocycles. The van der Waals surface area contributed by atoms with Crippen LogP contribution in [0.2, 0.25) is 0 Å². The largest absolute Gasteiger partial charge is 0.483 e. The van der Waals surface area contributed by atoms with Crippen LogP contribution in [0.15, 0.2) is 18.2 Å². The van der Waals surface area contributed by atoms with Crippen molar-refractivity contribution in [1.29, 1.82) is 0 Å². The van der Waals surface area contributed by atoms with Crippen molar-refractivity contribution < 1.29 is 28.7 Å². The van der Waals surface area contributed by atoms with Crippen molar-refractivity contribution in [2.24, 2.45) is 0 Å². The van der Waals surface area contributed by atoms with Crippen molar-refractivity contribution in [3.05, 3.63) is 29.3 Å². The summed E-state index contributed by atoms with van der Waals surface area (Å²) in [6, 6.07) is 3.48. The Morgan fingerprint density at radius 2 is 2.03 bits per heavy atom. The van der Waals surface area contributed by atoms with Crippen LogP contribution in [0.3, 0.4) is 0 Å². The van der Waals surface area contributed by atoms with Gasteiger partial charge in [0.2, 0.25) is 11.8 Å². The number of carbonyl (C=O) groups is 5. The number of fused-ring (bicyclic) bond motifs is 1. The van der Waals surface area contributed by atoms with Crippen LogP contribution in [0.25, 0.3) is 0 Å². The smallest absolute Gasteiger partial charge is 0.266 e. The molecule has 1 aromatic rings. The molecular formula is C20H24N4O6. The highest BCUT2D eigenvalue weighted by atomic mass is 16.5. The fourth-order valence-electron chi connectivity index (χ4n) is 3.47. The molecule has 30 heavy (non-hydrogen) atoms. The van der Waals surface area contributed by atoms with E-state index < -0.39 is 29.7 Å². The lowest BCUT2D eigenvalue weighted by molar-refractivity contribution is -0.136. The van der Waals surface area contributed by atoms with Gasteiger partial charge in [-0.1, -0.05) is 6.07 Å². The molecule has 3 rings (SSSR count). The fourth-order valence-corrected chi connectivity index (χ4v) is 3.47. The monoisotopic (exact) mass is 416 g/mol. The second kappa shape index (κ2) is 9.04. The number of piperidine rings is 1. The zero-order chi connectivity index (χ0) is 21.8. The summed E-state index contributed by atoms with van der Waals surface area (Å²) in [5.41, 5.74) is 0.134. The predicted molar refractivity (Wildman–Crippen MR) is 105 cm³/mol. The van der Waals surface area contributed by atoms with E-state index >= 15 is 0 Å². The maximum absolute atomic E-state index is 13.0. The minimum Gasteiger partial charge on any atom is -0.483 e. The van der Waals surface area contributed by atoms with Gasteiger partial charge in [-0.3, -0.25) is 34.2 Å². The molecule has 0 radical (unpaired) electrons. The molecule has 5 amide bonds. The molecule has 1 aromatic carbocycles. The molecule has 10 nitrogen and oxygen atoms in total. The van der Waals surface area contributed by atoms with E-state index in [-0.39, 0.29) is 42.2 Å². The van der Waals surface area contributed by atoms with Crippen LogP contribution in [0.1, 0.15) is 40.0 Å². The summed E-state index contributed by atoms with van der Waals surface area (Å²) >= 11 is 0. The molecule has 2 aliphatic heterocycles. The molecule has 0 bridgehead atoms. The molecule has 0 spiro atoms. The van der Waals surface area contributed by atoms with Crippen LogP contribution in [0.5, 0.6) is 5.75 Å². The Kier molecular flexibility index (Phi) is 6.46. The number of nitrogens with one attached hydrogen (secondary N) is 2. The quantitative estimate of drug-likeness (QED) is 0.434. The first kappa shape index (κ1) is 21.4. The number of hydrogen-bond donors (Lipinski definition) is 2. The Hall–Kier alpha value is -3.27. The molecule has 160 valence electrons. The van der Waals surface area contributed by atoms with E-state index in [2.05, 4.69) is 10.6 Å². The highest BCUT2D eigenvalue weighted by molar-refractivity contribution is 6.24. The topological polar surface area (TPSA) is 125 Å². The van der Waals surface area contributed by atoms with Crippen LogP contribution in [-0.2, 0) is 14.4 Å². The first-order valence-corrected chi connectivity index (χ1v) is 9.71. The second-order valence-corrected chi connectivity index (χ2v) is 7.19. The zero-order valence-corrected chi connectivity index (χ0v) is 16.9. The summed E-state index contributed by atoms with van der Waals surface area (Å²) in [7, 11) is 3.49. The van der Waals surface area contributed by atoms with E-state index in [0.29, 0.717) is 6.54 Å². The van der Waals surface area contributed by atoms with Gasteiger partial charge < -0.3 is 15.0 Å². The van der Waals surface area contributed by atoms with Crippen LogP contribution < -0.4 is 15.4 Å². The van der Waals surface area contributed by atoms with Gasteiger partial charge in [-0.15, -0.1) is 0 Å². The molecule has 1 atom stereocenters. The number of nitrogens with zero attached hydrogens (tertiary/aromatic N) is 2. The summed E-state index contributed by atoms with van der Waals surface area (Å²) in [5.74, 6) is -2.56. The van der Waals surface area contributed by atoms with Crippen LogP contribution in [0, 0.1) is 0 Å². The van der Waals surface area contributed by atoms with Gasteiger partial charge in [0.15, 0.2) is 6.61 Å². The Balaban J connectivity index is 1.73. The lowest BCUT2D eigenvalue weighted by Crippen LogP contribution is -2.54. The standard InChI is InChI=1S/C20H24N4O6/c1-21-9-4-10-23(2)16(26)11-30-14-6-3-5-12-17(14)20(29)24(19(12)28)13-7-8-15(25)22-18(13)27/h3,5-6,13,21H,4,7-11H2,1-2H3,(H,22,25,27). The minimum atomic E-state index is -1.05. The molecule has 1 fully saturated rings. The number of amides is 5. The Morgan fingerprint density at radius 1 is 1.27 bits per heavy atom. The Bertz CT molecular complexity index is 899. The first-order valence-electron chi connectivity index (χ1n) is 9.71. The molecule has 2 heterocycles. The average molecular weight is 416 g/mol. The molecule has 0 aromatic heterocycles. The van der Waals surface area contributed by atoms with E-state index in [4.69, 9.17) is 4.74 Å². The normalized spacial score (nSPS) is 18.3. The van der Waals surface area contributed by atoms with Crippen LogP contribution >= 0.6 is 0 Å². The van der Waals surface area contributed by atoms with Gasteiger partial charge in [0.25, 0.3) is 17.7 Å². The molecule has 2 N–H and O–H groups in total. The number of ether oxygens (including phenoxy) is 1. The maximum atomic E-state index is 13.0. The van der Waals surface area contributed by atoms with Crippen molar-refractivity contribution in [3.8, 4) is 5.75 Å². The molecule has 1 unspecified atom stereocenters. The van der Waals surface area contributed by atoms with Crippen LogP contribution in [-0.4, -0.2) is 79.2 Å². The number of rotatable bonds is 8. The summed E-state index contributed by atoms with van der Waals surface area (Å²) in [5, 5.41) is 5.16. The summed E-state index contributed by atoms with van der Waals surface area (Å²) < 4.78 is 5.58. The van der Waals surface area contributed by atoms with Crippen molar-refractivity contribution in [2.75, 3.05) is 33.8 Å². The maximum Gasteiger partial charge on any atom is 0.266 e. The first-order chi connectivity index (χ1) is 14.3. The second-order valence-electron chi connectivity index (χ2n) is 7.19. The summed E-state index contributed by atoms with van der Waals surface area (Å²) in [4.78, 5) is 63.9. The minimum absolute atomic E-state index is 0.0258. The van der Waals surface area contributed by atoms with E-state index in [9.17, 15) is 24.0 Å². The number of likely N-dealkylation sites (N-methyl/N-ethyl adjacent to an activating group) is 1. The Morgan fingerprint density at radius 3 is 2.73 bits per heavy atom. The molecule has 0 saturated carbocycles. The average Bonchev–Trinajstić information content (AvgIpc) is 2.97. The predicted octanol–water partition coefficient (Wildman–Crippen LogP) is -0.465. The van der Waals surface area contributed by atoms with Gasteiger partial charge in [-0.25, -0.2) is 0 Å². The third kappa shape index (κ3) is 4.18. The third-order valence-electron chi connectivity index (χ3n) is 5.13. The van der Waals surface area contributed by atoms with Gasteiger partial charge in [0.1, 0.15) is 11.8 Å².